The average Bonchev–Trinajstić information content (AvgIpc) is 2.49. The van der Waals surface area contributed by atoms with E-state index in [4.69, 9.17) is 5.11 Å². The largest absolute Gasteiger partial charge is 0.481 e. The zero-order chi connectivity index (χ0) is 9.26. The Morgan fingerprint density at radius 2 is 2.69 bits per heavy atom. The van der Waals surface area contributed by atoms with Gasteiger partial charge in [0, 0.05) is 13.5 Å². The van der Waals surface area contributed by atoms with Crippen LogP contribution in [-0.4, -0.2) is 21.0 Å². The Bertz CT molecular complexity index is 324. The molecule has 1 aromatic rings. The highest BCUT2D eigenvalue weighted by molar-refractivity contribution is 5.67. The molecule has 13 heavy (non-hydrogen) atoms. The van der Waals surface area contributed by atoms with Gasteiger partial charge in [0.05, 0.1) is 12.0 Å². The highest BCUT2D eigenvalue weighted by atomic mass is 16.4. The van der Waals surface area contributed by atoms with Gasteiger partial charge in [-0.15, -0.1) is 0 Å². The molecule has 0 aliphatic heterocycles. The minimum Gasteiger partial charge on any atom is -0.481 e. The van der Waals surface area contributed by atoms with Gasteiger partial charge in [0.1, 0.15) is 0 Å². The molecule has 1 aliphatic carbocycles. The number of carbonyl (C=O) groups is 1. The van der Waals surface area contributed by atoms with Crippen LogP contribution in [0.4, 0.5) is 0 Å². The lowest BCUT2D eigenvalue weighted by atomic mass is 9.87. The normalized spacial score (nSPS) is 21.1. The molecule has 0 radical (unpaired) electrons. The Balaban J connectivity index is 0.000000980. The predicted molar refractivity (Wildman–Crippen MR) is 48.5 cm³/mol. The van der Waals surface area contributed by atoms with Crippen molar-refractivity contribution in [3.63, 3.8) is 0 Å². The molecule has 1 aromatic heterocycles. The van der Waals surface area contributed by atoms with E-state index in [0.717, 1.165) is 30.7 Å². The standard InChI is InChI=1S/C9H12N2O2.H2/c12-9(13)4-6-1-2-7-8(3-6)11-5-10-7;/h5-6H,1-4H2,(H,10,11)(H,12,13);1H. The zero-order valence-corrected chi connectivity index (χ0v) is 7.29. The van der Waals surface area contributed by atoms with Gasteiger partial charge in [0.15, 0.2) is 0 Å². The third kappa shape index (κ3) is 1.71. The van der Waals surface area contributed by atoms with Crippen LogP contribution in [0.25, 0.3) is 0 Å². The Morgan fingerprint density at radius 1 is 1.85 bits per heavy atom. The first-order valence-corrected chi connectivity index (χ1v) is 4.48. The van der Waals surface area contributed by atoms with Gasteiger partial charge in [-0.3, -0.25) is 4.79 Å². The van der Waals surface area contributed by atoms with E-state index in [1.54, 1.807) is 6.33 Å². The maximum absolute atomic E-state index is 10.5. The first-order chi connectivity index (χ1) is 6.25. The summed E-state index contributed by atoms with van der Waals surface area (Å²) in [6, 6.07) is 0. The summed E-state index contributed by atoms with van der Waals surface area (Å²) in [5.41, 5.74) is 2.24. The van der Waals surface area contributed by atoms with Crippen LogP contribution in [-0.2, 0) is 17.6 Å². The summed E-state index contributed by atoms with van der Waals surface area (Å²) in [5.74, 6) is -0.418. The zero-order valence-electron chi connectivity index (χ0n) is 7.29. The van der Waals surface area contributed by atoms with Crippen molar-refractivity contribution in [3.05, 3.63) is 17.7 Å². The van der Waals surface area contributed by atoms with Crippen molar-refractivity contribution >= 4 is 5.97 Å². The minimum absolute atomic E-state index is 0. The van der Waals surface area contributed by atoms with E-state index in [2.05, 4.69) is 9.97 Å². The van der Waals surface area contributed by atoms with Crippen molar-refractivity contribution in [2.45, 2.75) is 25.7 Å². The fourth-order valence-corrected chi connectivity index (χ4v) is 1.89. The molecule has 0 spiro atoms. The number of nitrogens with one attached hydrogen (secondary N) is 1. The van der Waals surface area contributed by atoms with E-state index >= 15 is 0 Å². The van der Waals surface area contributed by atoms with Crippen molar-refractivity contribution < 1.29 is 11.3 Å². The van der Waals surface area contributed by atoms with E-state index < -0.39 is 5.97 Å². The second kappa shape index (κ2) is 3.20. The lowest BCUT2D eigenvalue weighted by Gasteiger charge is -2.19. The third-order valence-electron chi connectivity index (χ3n) is 2.55. The van der Waals surface area contributed by atoms with Crippen molar-refractivity contribution in [1.82, 2.24) is 9.97 Å². The van der Waals surface area contributed by atoms with Gasteiger partial charge in [0.2, 0.25) is 0 Å². The van der Waals surface area contributed by atoms with Crippen LogP contribution >= 0.6 is 0 Å². The quantitative estimate of drug-likeness (QED) is 0.723. The summed E-state index contributed by atoms with van der Waals surface area (Å²) < 4.78 is 0. The van der Waals surface area contributed by atoms with Gasteiger partial charge in [-0.1, -0.05) is 0 Å². The fraction of sp³-hybridized carbons (Fsp3) is 0.556. The van der Waals surface area contributed by atoms with Crippen LogP contribution in [0.3, 0.4) is 0 Å². The molecule has 4 heteroatoms. The average molecular weight is 182 g/mol. The summed E-state index contributed by atoms with van der Waals surface area (Å²) in [4.78, 5) is 17.7. The molecule has 4 nitrogen and oxygen atoms in total. The molecule has 0 saturated carbocycles. The monoisotopic (exact) mass is 182 g/mol. The fourth-order valence-electron chi connectivity index (χ4n) is 1.89. The molecule has 72 valence electrons. The number of carboxylic acids is 1. The van der Waals surface area contributed by atoms with E-state index in [1.807, 2.05) is 0 Å². The number of rotatable bonds is 2. The van der Waals surface area contributed by atoms with Crippen LogP contribution in [0.1, 0.15) is 25.7 Å². The van der Waals surface area contributed by atoms with Crippen LogP contribution in [0, 0.1) is 5.92 Å². The summed E-state index contributed by atoms with van der Waals surface area (Å²) in [6.45, 7) is 0. The Kier molecular flexibility index (Phi) is 2.04. The SMILES string of the molecule is O=C(O)CC1CCc2nc[nH]c2C1.[HH]. The highest BCUT2D eigenvalue weighted by Gasteiger charge is 2.22. The molecule has 2 rings (SSSR count). The van der Waals surface area contributed by atoms with E-state index in [-0.39, 0.29) is 13.8 Å². The summed E-state index contributed by atoms with van der Waals surface area (Å²) >= 11 is 0. The maximum Gasteiger partial charge on any atom is 0.303 e. The number of nitrogens with zero attached hydrogens (tertiary/aromatic N) is 1. The van der Waals surface area contributed by atoms with Crippen LogP contribution in [0.5, 0.6) is 0 Å². The topological polar surface area (TPSA) is 66.0 Å². The molecule has 0 saturated heterocycles. The summed E-state index contributed by atoms with van der Waals surface area (Å²) in [5, 5.41) is 8.64. The number of aromatic nitrogens is 2. The van der Waals surface area contributed by atoms with Crippen LogP contribution in [0.15, 0.2) is 6.33 Å². The number of aliphatic carboxylic acids is 1. The molecule has 1 unspecified atom stereocenters. The molecule has 1 atom stereocenters. The van der Waals surface area contributed by atoms with Crippen molar-refractivity contribution in [2.75, 3.05) is 0 Å². The molecule has 0 aromatic carbocycles. The third-order valence-corrected chi connectivity index (χ3v) is 2.55. The number of aryl methyl sites for hydroxylation is 1. The van der Waals surface area contributed by atoms with Crippen molar-refractivity contribution in [3.8, 4) is 0 Å². The number of imidazole rings is 1. The molecule has 0 amide bonds. The van der Waals surface area contributed by atoms with E-state index in [9.17, 15) is 4.79 Å². The number of carboxylic acid groups (broad SMARTS) is 1. The first-order valence-electron chi connectivity index (χ1n) is 4.48. The Hall–Kier alpha value is -1.32. The first kappa shape index (κ1) is 8.29. The summed E-state index contributed by atoms with van der Waals surface area (Å²) in [6.07, 6.45) is 4.66. The van der Waals surface area contributed by atoms with Gasteiger partial charge >= 0.3 is 5.97 Å². The number of H-pyrrole nitrogens is 1. The Morgan fingerprint density at radius 3 is 3.46 bits per heavy atom. The molecule has 1 aliphatic rings. The van der Waals surface area contributed by atoms with Gasteiger partial charge in [0.25, 0.3) is 0 Å². The number of hydrogen-bond donors (Lipinski definition) is 2. The maximum atomic E-state index is 10.5. The Labute approximate surface area is 77.5 Å². The van der Waals surface area contributed by atoms with Gasteiger partial charge in [-0.25, -0.2) is 4.98 Å². The van der Waals surface area contributed by atoms with Crippen LogP contribution < -0.4 is 0 Å². The number of fused-ring (bicyclic) bond motifs is 1. The van der Waals surface area contributed by atoms with E-state index in [1.165, 1.54) is 0 Å². The predicted octanol–water partition coefficient (Wildman–Crippen LogP) is 1.24. The summed E-state index contributed by atoms with van der Waals surface area (Å²) in [7, 11) is 0. The number of hydrogen-bond acceptors (Lipinski definition) is 2. The smallest absolute Gasteiger partial charge is 0.303 e. The van der Waals surface area contributed by atoms with E-state index in [0.29, 0.717) is 0 Å². The van der Waals surface area contributed by atoms with Crippen LogP contribution in [0.2, 0.25) is 0 Å². The molecule has 0 fully saturated rings. The lowest BCUT2D eigenvalue weighted by molar-refractivity contribution is -0.138. The second-order valence-electron chi connectivity index (χ2n) is 3.53. The lowest BCUT2D eigenvalue weighted by Crippen LogP contribution is -2.17. The molecule has 1 heterocycles. The number of aromatic amines is 1. The second-order valence-corrected chi connectivity index (χ2v) is 3.53. The minimum atomic E-state index is -0.701. The molecular weight excluding hydrogens is 168 g/mol. The molecule has 0 bridgehead atoms. The molecule has 2 N–H and O–H groups in total. The highest BCUT2D eigenvalue weighted by Crippen LogP contribution is 2.24. The molecular formula is C9H14N2O2. The van der Waals surface area contributed by atoms with Crippen molar-refractivity contribution in [2.24, 2.45) is 5.92 Å². The van der Waals surface area contributed by atoms with Crippen molar-refractivity contribution in [1.29, 1.82) is 0 Å². The van der Waals surface area contributed by atoms with Gasteiger partial charge in [-0.05, 0) is 25.2 Å². The van der Waals surface area contributed by atoms with Gasteiger partial charge in [-0.2, -0.15) is 0 Å². The van der Waals surface area contributed by atoms with Gasteiger partial charge < -0.3 is 10.1 Å².